The van der Waals surface area contributed by atoms with Crippen molar-refractivity contribution in [3.05, 3.63) is 57.1 Å². The van der Waals surface area contributed by atoms with Crippen molar-refractivity contribution >= 4 is 11.6 Å². The molecule has 0 atom stereocenters. The van der Waals surface area contributed by atoms with Crippen molar-refractivity contribution in [2.75, 3.05) is 0 Å². The number of halogens is 2. The quantitative estimate of drug-likeness (QED) is 0.758. The number of hydrogen-bond donors (Lipinski definition) is 0. The third-order valence-corrected chi connectivity index (χ3v) is 3.11. The van der Waals surface area contributed by atoms with E-state index < -0.39 is 5.82 Å². The Hall–Kier alpha value is -0.506. The van der Waals surface area contributed by atoms with Crippen molar-refractivity contribution in [1.82, 2.24) is 4.57 Å². The van der Waals surface area contributed by atoms with Crippen molar-refractivity contribution in [1.29, 1.82) is 0 Å². The van der Waals surface area contributed by atoms with E-state index in [1.165, 1.54) is 16.7 Å². The van der Waals surface area contributed by atoms with Gasteiger partial charge in [0.25, 0.3) is 0 Å². The average Bonchev–Trinajstić information content (AvgIpc) is 2.33. The third-order valence-electron chi connectivity index (χ3n) is 2.79. The van der Waals surface area contributed by atoms with E-state index in [0.29, 0.717) is 17.8 Å². The zero-order valence-corrected chi connectivity index (χ0v) is 14.3. The molecule has 0 amide bonds. The first-order valence-corrected chi connectivity index (χ1v) is 6.00. The molecule has 1 aromatic carbocycles. The fourth-order valence-electron chi connectivity index (χ4n) is 1.86. The summed E-state index contributed by atoms with van der Waals surface area (Å²) in [6, 6.07) is 8.94. The number of nitrogens with zero attached hydrogens (tertiary/aromatic N) is 1. The summed E-state index contributed by atoms with van der Waals surface area (Å²) in [6.07, 6.45) is 0. The van der Waals surface area contributed by atoms with Gasteiger partial charge in [-0.25, -0.2) is 4.39 Å². The fraction of sp³-hybridized carbons (Fsp3) is 0.214. The molecule has 2 rings (SSSR count). The molecule has 0 bridgehead atoms. The fourth-order valence-corrected chi connectivity index (χ4v) is 2.12. The standard InChI is InChI=1S/C14H12ClFNO.Y/c1-3-17-12(8-7-9(2)14(17)18)13-10(15)5-4-6-11(13)16;/h4-7H,3H2,1-2H3;/q-1;. The van der Waals surface area contributed by atoms with Gasteiger partial charge < -0.3 is 4.57 Å². The summed E-state index contributed by atoms with van der Waals surface area (Å²) in [6.45, 7) is 3.97. The SMILES string of the molecule is CCn1c(-c2c(F)cccc2Cl)[c-]cc(C)c1=O.[Y]. The van der Waals surface area contributed by atoms with E-state index in [1.807, 2.05) is 6.92 Å². The number of aromatic nitrogens is 1. The van der Waals surface area contributed by atoms with Crippen LogP contribution in [0, 0.1) is 18.8 Å². The van der Waals surface area contributed by atoms with Gasteiger partial charge in [-0.15, -0.1) is 0 Å². The van der Waals surface area contributed by atoms with Crippen LogP contribution in [0.1, 0.15) is 12.5 Å². The van der Waals surface area contributed by atoms with Gasteiger partial charge >= 0.3 is 0 Å². The molecule has 97 valence electrons. The molecule has 0 N–H and O–H groups in total. The molecule has 0 fully saturated rings. The Morgan fingerprint density at radius 1 is 1.42 bits per heavy atom. The number of pyridine rings is 1. The van der Waals surface area contributed by atoms with Gasteiger partial charge in [0.15, 0.2) is 5.56 Å². The van der Waals surface area contributed by atoms with Gasteiger partial charge in [0.05, 0.1) is 5.82 Å². The molecular formula is C14H12ClFNOY-. The van der Waals surface area contributed by atoms with E-state index in [0.717, 1.165) is 0 Å². The molecule has 0 saturated carbocycles. The molecule has 2 aromatic rings. The minimum atomic E-state index is -0.454. The van der Waals surface area contributed by atoms with Gasteiger partial charge in [-0.2, -0.15) is 12.1 Å². The Labute approximate surface area is 141 Å². The van der Waals surface area contributed by atoms with Crippen LogP contribution >= 0.6 is 11.6 Å². The summed E-state index contributed by atoms with van der Waals surface area (Å²) in [5.74, 6) is -0.454. The van der Waals surface area contributed by atoms with Crippen LogP contribution in [0.4, 0.5) is 4.39 Å². The van der Waals surface area contributed by atoms with Gasteiger partial charge in [0.2, 0.25) is 0 Å². The molecule has 0 aliphatic carbocycles. The first kappa shape index (κ1) is 16.5. The van der Waals surface area contributed by atoms with Crippen LogP contribution in [0.25, 0.3) is 11.3 Å². The number of rotatable bonds is 2. The largest absolute Gasteiger partial charge is 0.342 e. The Bertz CT molecular complexity index is 634. The third kappa shape index (κ3) is 3.15. The molecule has 1 radical (unpaired) electrons. The van der Waals surface area contributed by atoms with Gasteiger partial charge in [-0.05, 0) is 23.6 Å². The molecule has 0 aliphatic rings. The molecule has 0 unspecified atom stereocenters. The first-order chi connectivity index (χ1) is 8.56. The predicted molar refractivity (Wildman–Crippen MR) is 70.4 cm³/mol. The molecular weight excluding hydrogens is 342 g/mol. The molecule has 1 heterocycles. The van der Waals surface area contributed by atoms with E-state index in [-0.39, 0.29) is 48.9 Å². The van der Waals surface area contributed by atoms with Crippen LogP contribution in [0.3, 0.4) is 0 Å². The minimum Gasteiger partial charge on any atom is -0.342 e. The Kier molecular flexibility index (Phi) is 5.91. The summed E-state index contributed by atoms with van der Waals surface area (Å²) >= 11 is 6.01. The summed E-state index contributed by atoms with van der Waals surface area (Å²) in [5.41, 5.74) is 1.04. The summed E-state index contributed by atoms with van der Waals surface area (Å²) < 4.78 is 15.3. The van der Waals surface area contributed by atoms with Gasteiger partial charge in [-0.3, -0.25) is 4.79 Å². The van der Waals surface area contributed by atoms with Crippen LogP contribution in [0.5, 0.6) is 0 Å². The maximum atomic E-state index is 13.9. The molecule has 0 spiro atoms. The van der Waals surface area contributed by atoms with Gasteiger partial charge in [0, 0.05) is 39.3 Å². The van der Waals surface area contributed by atoms with Crippen LogP contribution in [0.2, 0.25) is 5.02 Å². The Balaban J connectivity index is 0.00000180. The van der Waals surface area contributed by atoms with Crippen LogP contribution < -0.4 is 5.56 Å². The zero-order valence-electron chi connectivity index (χ0n) is 10.7. The van der Waals surface area contributed by atoms with Gasteiger partial charge in [0.1, 0.15) is 0 Å². The summed E-state index contributed by atoms with van der Waals surface area (Å²) in [4.78, 5) is 12.0. The van der Waals surface area contributed by atoms with E-state index in [4.69, 9.17) is 11.6 Å². The second-order valence-corrected chi connectivity index (χ2v) is 4.37. The van der Waals surface area contributed by atoms with E-state index in [1.54, 1.807) is 19.1 Å². The maximum Gasteiger partial charge on any atom is 0.197 e. The van der Waals surface area contributed by atoms with Crippen molar-refractivity contribution in [3.8, 4) is 11.3 Å². The average molecular weight is 354 g/mol. The number of benzene rings is 1. The van der Waals surface area contributed by atoms with E-state index in [2.05, 4.69) is 6.07 Å². The van der Waals surface area contributed by atoms with E-state index in [9.17, 15) is 9.18 Å². The molecule has 5 heteroatoms. The zero-order chi connectivity index (χ0) is 13.3. The topological polar surface area (TPSA) is 22.0 Å². The van der Waals surface area contributed by atoms with Crippen LogP contribution in [0.15, 0.2) is 29.1 Å². The molecule has 0 aliphatic heterocycles. The molecule has 2 nitrogen and oxygen atoms in total. The van der Waals surface area contributed by atoms with Crippen molar-refractivity contribution < 1.29 is 37.1 Å². The Morgan fingerprint density at radius 2 is 2.11 bits per heavy atom. The number of hydrogen-bond acceptors (Lipinski definition) is 1. The van der Waals surface area contributed by atoms with Crippen molar-refractivity contribution in [2.24, 2.45) is 0 Å². The van der Waals surface area contributed by atoms with Crippen LogP contribution in [-0.2, 0) is 39.3 Å². The van der Waals surface area contributed by atoms with Gasteiger partial charge in [-0.1, -0.05) is 41.9 Å². The summed E-state index contributed by atoms with van der Waals surface area (Å²) in [5, 5.41) is 0.275. The molecule has 1 aromatic heterocycles. The van der Waals surface area contributed by atoms with Crippen molar-refractivity contribution in [2.45, 2.75) is 20.4 Å². The normalized spacial score (nSPS) is 10.1. The second kappa shape index (κ2) is 6.78. The van der Waals surface area contributed by atoms with Crippen LogP contribution in [-0.4, -0.2) is 4.57 Å². The molecule has 0 saturated heterocycles. The molecule has 19 heavy (non-hydrogen) atoms. The first-order valence-electron chi connectivity index (χ1n) is 5.62. The number of aryl methyl sites for hydroxylation is 1. The predicted octanol–water partition coefficient (Wildman–Crippen LogP) is 3.43. The maximum absolute atomic E-state index is 13.9. The smallest absolute Gasteiger partial charge is 0.197 e. The van der Waals surface area contributed by atoms with Crippen molar-refractivity contribution in [3.63, 3.8) is 0 Å². The van der Waals surface area contributed by atoms with E-state index >= 15 is 0 Å². The Morgan fingerprint density at radius 3 is 2.68 bits per heavy atom. The monoisotopic (exact) mass is 353 g/mol. The minimum absolute atomic E-state index is 0. The summed E-state index contributed by atoms with van der Waals surface area (Å²) in [7, 11) is 0. The second-order valence-electron chi connectivity index (χ2n) is 3.97.